The minimum absolute atomic E-state index is 0.603. The zero-order chi connectivity index (χ0) is 14.8. The Balaban J connectivity index is 1.83. The quantitative estimate of drug-likeness (QED) is 0.795. The molecule has 3 rings (SSSR count). The number of ether oxygens (including phenoxy) is 1. The largest absolute Gasteiger partial charge is 0.495 e. The van der Waals surface area contributed by atoms with Gasteiger partial charge in [-0.25, -0.2) is 0 Å². The highest BCUT2D eigenvalue weighted by Crippen LogP contribution is 2.28. The van der Waals surface area contributed by atoms with E-state index in [9.17, 15) is 0 Å². The highest BCUT2D eigenvalue weighted by Gasteiger charge is 2.08. The lowest BCUT2D eigenvalue weighted by Crippen LogP contribution is -2.01. The van der Waals surface area contributed by atoms with E-state index in [2.05, 4.69) is 22.5 Å². The molecule has 0 saturated carbocycles. The normalized spacial score (nSPS) is 10.8. The van der Waals surface area contributed by atoms with E-state index < -0.39 is 0 Å². The van der Waals surface area contributed by atoms with Crippen LogP contribution in [0.25, 0.3) is 10.9 Å². The van der Waals surface area contributed by atoms with Crippen molar-refractivity contribution < 1.29 is 4.74 Å². The Bertz CT molecular complexity index is 782. The molecule has 1 aromatic heterocycles. The van der Waals surface area contributed by atoms with Crippen LogP contribution in [0.5, 0.6) is 5.75 Å². The van der Waals surface area contributed by atoms with Gasteiger partial charge >= 0.3 is 0 Å². The summed E-state index contributed by atoms with van der Waals surface area (Å²) >= 11 is 6.03. The summed E-state index contributed by atoms with van der Waals surface area (Å²) in [5.74, 6) is 0.660. The number of hydrogen-bond donors (Lipinski definition) is 1. The molecule has 1 heterocycles. The Labute approximate surface area is 128 Å². The molecular formula is C16H16ClN3O. The maximum absolute atomic E-state index is 6.03. The molecule has 108 valence electrons. The summed E-state index contributed by atoms with van der Waals surface area (Å²) in [6.45, 7) is 0.645. The van der Waals surface area contributed by atoms with Crippen LogP contribution in [-0.2, 0) is 13.6 Å². The summed E-state index contributed by atoms with van der Waals surface area (Å²) in [7, 11) is 3.56. The lowest BCUT2D eigenvalue weighted by Gasteiger charge is -2.08. The second-order valence-corrected chi connectivity index (χ2v) is 5.20. The highest BCUT2D eigenvalue weighted by atomic mass is 35.5. The number of aryl methyl sites for hydroxylation is 1. The molecule has 0 saturated heterocycles. The SMILES string of the molecule is COc1cc(NCc2nn(C)c3ccccc23)ccc1Cl. The molecule has 0 aliphatic carbocycles. The first-order valence-corrected chi connectivity index (χ1v) is 7.05. The van der Waals surface area contributed by atoms with E-state index in [-0.39, 0.29) is 0 Å². The summed E-state index contributed by atoms with van der Waals surface area (Å²) in [5, 5.41) is 9.68. The van der Waals surface area contributed by atoms with Crippen molar-refractivity contribution in [3.05, 3.63) is 53.2 Å². The van der Waals surface area contributed by atoms with E-state index >= 15 is 0 Å². The van der Waals surface area contributed by atoms with Crippen LogP contribution in [0, 0.1) is 0 Å². The fourth-order valence-electron chi connectivity index (χ4n) is 2.37. The number of aromatic nitrogens is 2. The molecule has 5 heteroatoms. The van der Waals surface area contributed by atoms with Crippen molar-refractivity contribution in [1.29, 1.82) is 0 Å². The Kier molecular flexibility index (Phi) is 3.71. The predicted molar refractivity (Wildman–Crippen MR) is 86.0 cm³/mol. The molecule has 0 radical (unpaired) electrons. The number of nitrogens with one attached hydrogen (secondary N) is 1. The molecule has 0 unspecified atom stereocenters. The zero-order valence-corrected chi connectivity index (χ0v) is 12.7. The van der Waals surface area contributed by atoms with Crippen LogP contribution in [0.2, 0.25) is 5.02 Å². The molecule has 0 fully saturated rings. The first kappa shape index (κ1) is 13.8. The summed E-state index contributed by atoms with van der Waals surface area (Å²) < 4.78 is 7.12. The third kappa shape index (κ3) is 2.67. The molecule has 2 aromatic carbocycles. The predicted octanol–water partition coefficient (Wildman–Crippen LogP) is 3.85. The molecule has 21 heavy (non-hydrogen) atoms. The fraction of sp³-hybridized carbons (Fsp3) is 0.188. The van der Waals surface area contributed by atoms with Crippen molar-refractivity contribution in [2.24, 2.45) is 7.05 Å². The van der Waals surface area contributed by atoms with E-state index in [0.717, 1.165) is 22.3 Å². The van der Waals surface area contributed by atoms with Crippen molar-refractivity contribution in [2.75, 3.05) is 12.4 Å². The van der Waals surface area contributed by atoms with Gasteiger partial charge in [-0.05, 0) is 18.2 Å². The monoisotopic (exact) mass is 301 g/mol. The number of methoxy groups -OCH3 is 1. The Morgan fingerprint density at radius 1 is 1.24 bits per heavy atom. The number of para-hydroxylation sites is 1. The lowest BCUT2D eigenvalue weighted by molar-refractivity contribution is 0.415. The van der Waals surface area contributed by atoms with Gasteiger partial charge in [-0.2, -0.15) is 5.10 Å². The maximum atomic E-state index is 6.03. The van der Waals surface area contributed by atoms with Crippen LogP contribution in [0.3, 0.4) is 0 Å². The zero-order valence-electron chi connectivity index (χ0n) is 11.9. The van der Waals surface area contributed by atoms with Crippen molar-refractivity contribution in [3.63, 3.8) is 0 Å². The summed E-state index contributed by atoms with van der Waals surface area (Å²) in [6.07, 6.45) is 0. The topological polar surface area (TPSA) is 39.1 Å². The summed E-state index contributed by atoms with van der Waals surface area (Å²) in [6, 6.07) is 13.8. The van der Waals surface area contributed by atoms with Crippen LogP contribution in [-0.4, -0.2) is 16.9 Å². The molecule has 0 atom stereocenters. The van der Waals surface area contributed by atoms with Crippen molar-refractivity contribution in [3.8, 4) is 5.75 Å². The van der Waals surface area contributed by atoms with Gasteiger partial charge < -0.3 is 10.1 Å². The first-order chi connectivity index (χ1) is 10.2. The first-order valence-electron chi connectivity index (χ1n) is 6.67. The molecule has 0 amide bonds. The summed E-state index contributed by atoms with van der Waals surface area (Å²) in [5.41, 5.74) is 3.09. The molecular weight excluding hydrogens is 286 g/mol. The van der Waals surface area contributed by atoms with Crippen LogP contribution < -0.4 is 10.1 Å². The second-order valence-electron chi connectivity index (χ2n) is 4.79. The number of fused-ring (bicyclic) bond motifs is 1. The fourth-order valence-corrected chi connectivity index (χ4v) is 2.57. The number of nitrogens with zero attached hydrogens (tertiary/aromatic N) is 2. The van der Waals surface area contributed by atoms with E-state index in [1.165, 1.54) is 0 Å². The van der Waals surface area contributed by atoms with Gasteiger partial charge in [-0.3, -0.25) is 4.68 Å². The molecule has 0 bridgehead atoms. The number of halogens is 1. The van der Waals surface area contributed by atoms with Crippen LogP contribution in [0.15, 0.2) is 42.5 Å². The van der Waals surface area contributed by atoms with Gasteiger partial charge in [0.25, 0.3) is 0 Å². The van der Waals surface area contributed by atoms with Gasteiger partial charge in [0.2, 0.25) is 0 Å². The lowest BCUT2D eigenvalue weighted by atomic mass is 10.2. The van der Waals surface area contributed by atoms with E-state index in [0.29, 0.717) is 17.3 Å². The van der Waals surface area contributed by atoms with Gasteiger partial charge in [0, 0.05) is 24.2 Å². The standard InChI is InChI=1S/C16H16ClN3O/c1-20-15-6-4-3-5-12(15)14(19-20)10-18-11-7-8-13(17)16(9-11)21-2/h3-9,18H,10H2,1-2H3. The van der Waals surface area contributed by atoms with Gasteiger partial charge in [-0.15, -0.1) is 0 Å². The van der Waals surface area contributed by atoms with Crippen LogP contribution >= 0.6 is 11.6 Å². The molecule has 3 aromatic rings. The Morgan fingerprint density at radius 3 is 2.86 bits per heavy atom. The third-order valence-electron chi connectivity index (χ3n) is 3.45. The molecule has 1 N–H and O–H groups in total. The van der Waals surface area contributed by atoms with Gasteiger partial charge in [-0.1, -0.05) is 29.8 Å². The number of anilines is 1. The third-order valence-corrected chi connectivity index (χ3v) is 3.76. The number of rotatable bonds is 4. The van der Waals surface area contributed by atoms with Gasteiger partial charge in [0.1, 0.15) is 5.75 Å². The smallest absolute Gasteiger partial charge is 0.139 e. The minimum Gasteiger partial charge on any atom is -0.495 e. The van der Waals surface area contributed by atoms with Crippen molar-refractivity contribution in [2.45, 2.75) is 6.54 Å². The Morgan fingerprint density at radius 2 is 2.05 bits per heavy atom. The minimum atomic E-state index is 0.603. The van der Waals surface area contributed by atoms with Gasteiger partial charge in [0.05, 0.1) is 29.9 Å². The molecule has 0 aliphatic heterocycles. The molecule has 4 nitrogen and oxygen atoms in total. The second kappa shape index (κ2) is 5.66. The van der Waals surface area contributed by atoms with Gasteiger partial charge in [0.15, 0.2) is 0 Å². The van der Waals surface area contributed by atoms with E-state index in [1.54, 1.807) is 7.11 Å². The summed E-state index contributed by atoms with van der Waals surface area (Å²) in [4.78, 5) is 0. The molecule has 0 spiro atoms. The molecule has 0 aliphatic rings. The van der Waals surface area contributed by atoms with Crippen molar-refractivity contribution in [1.82, 2.24) is 9.78 Å². The van der Waals surface area contributed by atoms with Crippen molar-refractivity contribution >= 4 is 28.2 Å². The maximum Gasteiger partial charge on any atom is 0.139 e. The Hall–Kier alpha value is -2.20. The highest BCUT2D eigenvalue weighted by molar-refractivity contribution is 6.32. The number of benzene rings is 2. The average molecular weight is 302 g/mol. The number of hydrogen-bond acceptors (Lipinski definition) is 3. The van der Waals surface area contributed by atoms with Crippen LogP contribution in [0.4, 0.5) is 5.69 Å². The van der Waals surface area contributed by atoms with E-state index in [4.69, 9.17) is 16.3 Å². The van der Waals surface area contributed by atoms with Crippen LogP contribution in [0.1, 0.15) is 5.69 Å². The van der Waals surface area contributed by atoms with E-state index in [1.807, 2.05) is 42.1 Å². The average Bonchev–Trinajstić information content (AvgIpc) is 2.83.